The number of fused-ring (bicyclic) bond motifs is 1. The van der Waals surface area contributed by atoms with E-state index in [4.69, 9.17) is 32.7 Å². The van der Waals surface area contributed by atoms with Crippen LogP contribution in [0.5, 0.6) is 11.5 Å². The maximum absolute atomic E-state index is 6.25. The third kappa shape index (κ3) is 2.89. The molecule has 0 aromatic heterocycles. The Hall–Kier alpha value is -1.58. The van der Waals surface area contributed by atoms with Gasteiger partial charge in [0.15, 0.2) is 0 Å². The first-order chi connectivity index (χ1) is 10.2. The molecule has 5 heteroatoms. The molecule has 0 saturated carbocycles. The van der Waals surface area contributed by atoms with E-state index in [1.54, 1.807) is 13.2 Å². The molecule has 0 bridgehead atoms. The highest BCUT2D eigenvalue weighted by atomic mass is 35.5. The highest BCUT2D eigenvalue weighted by Crippen LogP contribution is 2.39. The van der Waals surface area contributed by atoms with Crippen molar-refractivity contribution in [2.45, 2.75) is 12.5 Å². The Morgan fingerprint density at radius 3 is 2.90 bits per heavy atom. The van der Waals surface area contributed by atoms with Crippen LogP contribution in [0.25, 0.3) is 0 Å². The Morgan fingerprint density at radius 2 is 2.10 bits per heavy atom. The molecule has 0 spiro atoms. The van der Waals surface area contributed by atoms with Gasteiger partial charge in [0.05, 0.1) is 35.5 Å². The fourth-order valence-corrected chi connectivity index (χ4v) is 2.81. The SMILES string of the molecule is COc1ccc2c(c1)C(Nc1cccc(Cl)c1Cl)CCO2. The molecule has 1 aliphatic rings. The predicted octanol–water partition coefficient (Wildman–Crippen LogP) is 4.94. The first-order valence-corrected chi connectivity index (χ1v) is 7.46. The third-order valence-corrected chi connectivity index (χ3v) is 4.36. The molecule has 1 N–H and O–H groups in total. The van der Waals surface area contributed by atoms with Crippen LogP contribution in [-0.2, 0) is 0 Å². The number of hydrogen-bond donors (Lipinski definition) is 1. The lowest BCUT2D eigenvalue weighted by Gasteiger charge is -2.28. The Balaban J connectivity index is 1.93. The second-order valence-corrected chi connectivity index (χ2v) is 5.62. The van der Waals surface area contributed by atoms with Gasteiger partial charge >= 0.3 is 0 Å². The summed E-state index contributed by atoms with van der Waals surface area (Å²) in [6.45, 7) is 0.662. The van der Waals surface area contributed by atoms with E-state index in [-0.39, 0.29) is 6.04 Å². The highest BCUT2D eigenvalue weighted by Gasteiger charge is 2.23. The first-order valence-electron chi connectivity index (χ1n) is 6.70. The topological polar surface area (TPSA) is 30.5 Å². The van der Waals surface area contributed by atoms with Crippen molar-refractivity contribution in [3.8, 4) is 11.5 Å². The van der Waals surface area contributed by atoms with Crippen LogP contribution in [0.15, 0.2) is 36.4 Å². The molecule has 2 aromatic rings. The van der Waals surface area contributed by atoms with E-state index in [0.717, 1.165) is 29.2 Å². The maximum Gasteiger partial charge on any atom is 0.124 e. The minimum absolute atomic E-state index is 0.111. The summed E-state index contributed by atoms with van der Waals surface area (Å²) >= 11 is 12.3. The number of halogens is 2. The summed E-state index contributed by atoms with van der Waals surface area (Å²) in [5, 5.41) is 4.52. The van der Waals surface area contributed by atoms with Crippen molar-refractivity contribution in [2.75, 3.05) is 19.0 Å². The molecule has 0 aliphatic carbocycles. The van der Waals surface area contributed by atoms with Gasteiger partial charge in [-0.2, -0.15) is 0 Å². The summed E-state index contributed by atoms with van der Waals surface area (Å²) in [7, 11) is 1.65. The number of methoxy groups -OCH3 is 1. The lowest BCUT2D eigenvalue weighted by molar-refractivity contribution is 0.273. The minimum atomic E-state index is 0.111. The lowest BCUT2D eigenvalue weighted by Crippen LogP contribution is -2.20. The molecule has 0 radical (unpaired) electrons. The minimum Gasteiger partial charge on any atom is -0.497 e. The fraction of sp³-hybridized carbons (Fsp3) is 0.250. The van der Waals surface area contributed by atoms with E-state index < -0.39 is 0 Å². The number of anilines is 1. The molecule has 21 heavy (non-hydrogen) atoms. The van der Waals surface area contributed by atoms with E-state index in [2.05, 4.69) is 5.32 Å². The molecule has 1 atom stereocenters. The fourth-order valence-electron chi connectivity index (χ4n) is 2.45. The quantitative estimate of drug-likeness (QED) is 0.868. The second-order valence-electron chi connectivity index (χ2n) is 4.84. The third-order valence-electron chi connectivity index (χ3n) is 3.54. The van der Waals surface area contributed by atoms with Gasteiger partial charge in [0, 0.05) is 12.0 Å². The number of ether oxygens (including phenoxy) is 2. The Bertz CT molecular complexity index is 661. The zero-order valence-corrected chi connectivity index (χ0v) is 13.0. The van der Waals surface area contributed by atoms with Crippen molar-refractivity contribution in [2.24, 2.45) is 0 Å². The molecule has 1 unspecified atom stereocenters. The Kier molecular flexibility index (Phi) is 4.13. The molecular formula is C16H15Cl2NO2. The monoisotopic (exact) mass is 323 g/mol. The van der Waals surface area contributed by atoms with Crippen LogP contribution < -0.4 is 14.8 Å². The van der Waals surface area contributed by atoms with Gasteiger partial charge in [0.1, 0.15) is 11.5 Å². The highest BCUT2D eigenvalue weighted by molar-refractivity contribution is 6.43. The Morgan fingerprint density at radius 1 is 1.24 bits per heavy atom. The van der Waals surface area contributed by atoms with E-state index >= 15 is 0 Å². The predicted molar refractivity (Wildman–Crippen MR) is 85.9 cm³/mol. The average molecular weight is 324 g/mol. The summed E-state index contributed by atoms with van der Waals surface area (Å²) in [5.74, 6) is 1.68. The van der Waals surface area contributed by atoms with Crippen molar-refractivity contribution in [1.29, 1.82) is 0 Å². The van der Waals surface area contributed by atoms with Gasteiger partial charge in [-0.05, 0) is 30.3 Å². The van der Waals surface area contributed by atoms with Crippen LogP contribution in [0.2, 0.25) is 10.0 Å². The lowest BCUT2D eigenvalue weighted by atomic mass is 10.00. The van der Waals surface area contributed by atoms with Crippen molar-refractivity contribution in [3.05, 3.63) is 52.0 Å². The second kappa shape index (κ2) is 6.04. The van der Waals surface area contributed by atoms with Crippen LogP contribution in [0.1, 0.15) is 18.0 Å². The number of nitrogens with one attached hydrogen (secondary N) is 1. The average Bonchev–Trinajstić information content (AvgIpc) is 2.51. The summed E-state index contributed by atoms with van der Waals surface area (Å²) in [5.41, 5.74) is 1.89. The number of hydrogen-bond acceptors (Lipinski definition) is 3. The van der Waals surface area contributed by atoms with Crippen molar-refractivity contribution in [3.63, 3.8) is 0 Å². The molecule has 2 aromatic carbocycles. The largest absolute Gasteiger partial charge is 0.497 e. The molecule has 110 valence electrons. The molecular weight excluding hydrogens is 309 g/mol. The zero-order chi connectivity index (χ0) is 14.8. The summed E-state index contributed by atoms with van der Waals surface area (Å²) in [4.78, 5) is 0. The molecule has 3 nitrogen and oxygen atoms in total. The van der Waals surface area contributed by atoms with Crippen molar-refractivity contribution >= 4 is 28.9 Å². The smallest absolute Gasteiger partial charge is 0.124 e. The van der Waals surface area contributed by atoms with Gasteiger partial charge in [0.25, 0.3) is 0 Å². The molecule has 1 aliphatic heterocycles. The first kappa shape index (κ1) is 14.4. The van der Waals surface area contributed by atoms with E-state index in [1.807, 2.05) is 30.3 Å². The van der Waals surface area contributed by atoms with Crippen molar-refractivity contribution in [1.82, 2.24) is 0 Å². The van der Waals surface area contributed by atoms with E-state index in [9.17, 15) is 0 Å². The van der Waals surface area contributed by atoms with Crippen molar-refractivity contribution < 1.29 is 9.47 Å². The number of rotatable bonds is 3. The van der Waals surface area contributed by atoms with Crippen LogP contribution in [0.4, 0.5) is 5.69 Å². The van der Waals surface area contributed by atoms with E-state index in [0.29, 0.717) is 16.7 Å². The molecule has 1 heterocycles. The van der Waals surface area contributed by atoms with Gasteiger partial charge < -0.3 is 14.8 Å². The van der Waals surface area contributed by atoms with Crippen LogP contribution in [0.3, 0.4) is 0 Å². The van der Waals surface area contributed by atoms with Gasteiger partial charge in [-0.25, -0.2) is 0 Å². The van der Waals surface area contributed by atoms with Crippen LogP contribution >= 0.6 is 23.2 Å². The summed E-state index contributed by atoms with van der Waals surface area (Å²) in [6.07, 6.45) is 0.850. The normalized spacial score (nSPS) is 16.8. The Labute approximate surface area is 133 Å². The maximum atomic E-state index is 6.25. The van der Waals surface area contributed by atoms with E-state index in [1.165, 1.54) is 0 Å². The molecule has 3 rings (SSSR count). The summed E-state index contributed by atoms with van der Waals surface area (Å²) < 4.78 is 11.0. The molecule has 0 amide bonds. The van der Waals surface area contributed by atoms with Crippen LogP contribution in [0, 0.1) is 0 Å². The van der Waals surface area contributed by atoms with Gasteiger partial charge in [0.2, 0.25) is 0 Å². The van der Waals surface area contributed by atoms with Crippen LogP contribution in [-0.4, -0.2) is 13.7 Å². The zero-order valence-electron chi connectivity index (χ0n) is 11.5. The van der Waals surface area contributed by atoms with Gasteiger partial charge in [-0.15, -0.1) is 0 Å². The standard InChI is InChI=1S/C16H15Cl2NO2/c1-20-10-5-6-15-11(9-10)13(7-8-21-15)19-14-4-2-3-12(17)16(14)18/h2-6,9,13,19H,7-8H2,1H3. The number of benzene rings is 2. The molecule has 0 saturated heterocycles. The van der Waals surface area contributed by atoms with Gasteiger partial charge in [-0.3, -0.25) is 0 Å². The molecule has 0 fully saturated rings. The van der Waals surface area contributed by atoms with Gasteiger partial charge in [-0.1, -0.05) is 29.3 Å². The summed E-state index contributed by atoms with van der Waals surface area (Å²) in [6, 6.07) is 11.5.